The average molecular weight is 532 g/mol. The van der Waals surface area contributed by atoms with Gasteiger partial charge in [-0.2, -0.15) is 5.10 Å². The Labute approximate surface area is 213 Å². The number of rotatable bonds is 8. The fourth-order valence-electron chi connectivity index (χ4n) is 3.85. The number of aromatic nitrogens is 2. The van der Waals surface area contributed by atoms with Gasteiger partial charge in [0.05, 0.1) is 28.5 Å². The van der Waals surface area contributed by atoms with Gasteiger partial charge in [0, 0.05) is 5.56 Å². The molecule has 0 unspecified atom stereocenters. The van der Waals surface area contributed by atoms with E-state index in [-0.39, 0.29) is 24.2 Å². The van der Waals surface area contributed by atoms with E-state index in [1.165, 1.54) is 0 Å². The Balaban J connectivity index is 1.54. The molecule has 0 aliphatic rings. The molecule has 7 heteroatoms. The molecular formula is C28H26BrN3O3. The third kappa shape index (κ3) is 5.69. The van der Waals surface area contributed by atoms with E-state index in [0.717, 1.165) is 22.5 Å². The van der Waals surface area contributed by atoms with Gasteiger partial charge >= 0.3 is 5.97 Å². The second-order valence-corrected chi connectivity index (χ2v) is 8.85. The van der Waals surface area contributed by atoms with E-state index in [2.05, 4.69) is 38.5 Å². The Morgan fingerprint density at radius 1 is 0.971 bits per heavy atom. The van der Waals surface area contributed by atoms with Crippen molar-refractivity contribution in [1.82, 2.24) is 15.1 Å². The van der Waals surface area contributed by atoms with E-state index in [1.807, 2.05) is 67.6 Å². The minimum absolute atomic E-state index is 0.160. The summed E-state index contributed by atoms with van der Waals surface area (Å²) < 4.78 is 7.32. The van der Waals surface area contributed by atoms with E-state index >= 15 is 0 Å². The summed E-state index contributed by atoms with van der Waals surface area (Å²) in [7, 11) is 0. The van der Waals surface area contributed by atoms with Crippen molar-refractivity contribution in [2.24, 2.45) is 0 Å². The average Bonchev–Trinajstić information content (AvgIpc) is 3.19. The third-order valence-corrected chi connectivity index (χ3v) is 6.63. The molecule has 4 rings (SSSR count). The number of amides is 1. The van der Waals surface area contributed by atoms with Crippen molar-refractivity contribution in [3.63, 3.8) is 0 Å². The molecular weight excluding hydrogens is 506 g/mol. The predicted octanol–water partition coefficient (Wildman–Crippen LogP) is 5.83. The first kappa shape index (κ1) is 24.4. The van der Waals surface area contributed by atoms with Gasteiger partial charge in [-0.05, 0) is 71.6 Å². The van der Waals surface area contributed by atoms with Crippen LogP contribution >= 0.6 is 15.9 Å². The summed E-state index contributed by atoms with van der Waals surface area (Å²) in [6, 6.07) is 27.0. The lowest BCUT2D eigenvalue weighted by atomic mass is 9.98. The summed E-state index contributed by atoms with van der Waals surface area (Å²) in [6.45, 7) is 3.88. The first-order chi connectivity index (χ1) is 17.0. The van der Waals surface area contributed by atoms with E-state index in [9.17, 15) is 9.59 Å². The second-order valence-electron chi connectivity index (χ2n) is 8.05. The van der Waals surface area contributed by atoms with Gasteiger partial charge in [-0.25, -0.2) is 9.48 Å². The van der Waals surface area contributed by atoms with Crippen LogP contribution in [0.1, 0.15) is 50.6 Å². The smallest absolute Gasteiger partial charge is 0.360 e. The first-order valence-electron chi connectivity index (χ1n) is 11.4. The maximum absolute atomic E-state index is 13.2. The van der Waals surface area contributed by atoms with E-state index in [0.29, 0.717) is 16.5 Å². The molecule has 0 bridgehead atoms. The molecule has 0 saturated heterocycles. The van der Waals surface area contributed by atoms with E-state index in [1.54, 1.807) is 23.7 Å². The largest absolute Gasteiger partial charge is 0.461 e. The van der Waals surface area contributed by atoms with Crippen molar-refractivity contribution in [2.45, 2.75) is 26.3 Å². The summed E-state index contributed by atoms with van der Waals surface area (Å²) >= 11 is 3.43. The zero-order valence-corrected chi connectivity index (χ0v) is 21.2. The number of esters is 1. The van der Waals surface area contributed by atoms with Crippen LogP contribution < -0.4 is 5.32 Å². The van der Waals surface area contributed by atoms with E-state index < -0.39 is 5.97 Å². The Hall–Kier alpha value is -3.71. The van der Waals surface area contributed by atoms with Gasteiger partial charge in [-0.1, -0.05) is 60.7 Å². The summed E-state index contributed by atoms with van der Waals surface area (Å²) in [5, 5.41) is 7.58. The molecule has 4 aromatic rings. The molecule has 0 spiro atoms. The molecule has 1 aromatic heterocycles. The van der Waals surface area contributed by atoms with Crippen molar-refractivity contribution in [1.29, 1.82) is 0 Å². The van der Waals surface area contributed by atoms with E-state index in [4.69, 9.17) is 4.74 Å². The first-order valence-corrected chi connectivity index (χ1v) is 12.2. The molecule has 1 N–H and O–H groups in total. The minimum Gasteiger partial charge on any atom is -0.461 e. The van der Waals surface area contributed by atoms with Crippen molar-refractivity contribution in [3.05, 3.63) is 117 Å². The van der Waals surface area contributed by atoms with Crippen LogP contribution in [0, 0.1) is 6.92 Å². The zero-order valence-electron chi connectivity index (χ0n) is 19.6. The van der Waals surface area contributed by atoms with Gasteiger partial charge < -0.3 is 10.1 Å². The standard InChI is InChI=1S/C28H26BrN3O3/c1-3-35-28(34)26-25(29)19(2)32(31-26)23-16-14-22(15-17-23)27(33)30-24(21-12-8-5-9-13-21)18-20-10-6-4-7-11-20/h4-17,24H,3,18H2,1-2H3,(H,30,33)/t24-/m1/s1. The lowest BCUT2D eigenvalue weighted by Crippen LogP contribution is -2.30. The number of nitrogens with one attached hydrogen (secondary N) is 1. The number of ether oxygens (including phenoxy) is 1. The number of carbonyl (C=O) groups is 2. The third-order valence-electron chi connectivity index (χ3n) is 5.68. The molecule has 0 radical (unpaired) electrons. The van der Waals surface area contributed by atoms with Crippen LogP contribution in [0.4, 0.5) is 0 Å². The fourth-order valence-corrected chi connectivity index (χ4v) is 4.26. The van der Waals surface area contributed by atoms with Crippen LogP contribution in [0.25, 0.3) is 5.69 Å². The summed E-state index contributed by atoms with van der Waals surface area (Å²) in [6.07, 6.45) is 0.686. The number of hydrogen-bond donors (Lipinski definition) is 1. The summed E-state index contributed by atoms with van der Waals surface area (Å²) in [5.41, 5.74) is 4.45. The molecule has 0 aliphatic heterocycles. The number of hydrogen-bond acceptors (Lipinski definition) is 4. The number of nitrogens with zero attached hydrogens (tertiary/aromatic N) is 2. The van der Waals surface area contributed by atoms with Crippen molar-refractivity contribution >= 4 is 27.8 Å². The van der Waals surface area contributed by atoms with Gasteiger partial charge in [-0.3, -0.25) is 4.79 Å². The van der Waals surface area contributed by atoms with Crippen LogP contribution in [0.15, 0.2) is 89.4 Å². The Kier molecular flexibility index (Phi) is 7.77. The van der Waals surface area contributed by atoms with Gasteiger partial charge in [0.1, 0.15) is 0 Å². The lowest BCUT2D eigenvalue weighted by Gasteiger charge is -2.20. The van der Waals surface area contributed by atoms with Crippen molar-refractivity contribution in [2.75, 3.05) is 6.61 Å². The van der Waals surface area contributed by atoms with Crippen molar-refractivity contribution < 1.29 is 14.3 Å². The second kappa shape index (κ2) is 11.1. The van der Waals surface area contributed by atoms with Gasteiger partial charge in [0.15, 0.2) is 5.69 Å². The number of benzene rings is 3. The molecule has 1 heterocycles. The molecule has 1 atom stereocenters. The SMILES string of the molecule is CCOC(=O)c1nn(-c2ccc(C(=O)N[C@H](Cc3ccccc3)c3ccccc3)cc2)c(C)c1Br. The minimum atomic E-state index is -0.484. The van der Waals surface area contributed by atoms with Crippen LogP contribution in [-0.2, 0) is 11.2 Å². The highest BCUT2D eigenvalue weighted by Crippen LogP contribution is 2.25. The van der Waals surface area contributed by atoms with Gasteiger partial charge in [0.25, 0.3) is 5.91 Å². The summed E-state index contributed by atoms with van der Waals surface area (Å²) in [5.74, 6) is -0.644. The molecule has 3 aromatic carbocycles. The lowest BCUT2D eigenvalue weighted by molar-refractivity contribution is 0.0517. The predicted molar refractivity (Wildman–Crippen MR) is 139 cm³/mol. The molecule has 35 heavy (non-hydrogen) atoms. The topological polar surface area (TPSA) is 73.2 Å². The number of halogens is 1. The Morgan fingerprint density at radius 2 is 1.60 bits per heavy atom. The highest BCUT2D eigenvalue weighted by molar-refractivity contribution is 9.10. The zero-order chi connectivity index (χ0) is 24.8. The quantitative estimate of drug-likeness (QED) is 0.290. The molecule has 178 valence electrons. The van der Waals surface area contributed by atoms with Crippen LogP contribution in [-0.4, -0.2) is 28.3 Å². The molecule has 0 fully saturated rings. The fraction of sp³-hybridized carbons (Fsp3) is 0.179. The van der Waals surface area contributed by atoms with Crippen molar-refractivity contribution in [3.8, 4) is 5.69 Å². The molecule has 1 amide bonds. The summed E-state index contributed by atoms with van der Waals surface area (Å²) in [4.78, 5) is 25.3. The van der Waals surface area contributed by atoms with Gasteiger partial charge in [-0.15, -0.1) is 0 Å². The highest BCUT2D eigenvalue weighted by Gasteiger charge is 2.21. The highest BCUT2D eigenvalue weighted by atomic mass is 79.9. The Bertz CT molecular complexity index is 1300. The van der Waals surface area contributed by atoms with Gasteiger partial charge in [0.2, 0.25) is 0 Å². The molecule has 6 nitrogen and oxygen atoms in total. The maximum Gasteiger partial charge on any atom is 0.360 e. The van der Waals surface area contributed by atoms with Crippen LogP contribution in [0.2, 0.25) is 0 Å². The van der Waals surface area contributed by atoms with Crippen LogP contribution in [0.5, 0.6) is 0 Å². The molecule has 0 aliphatic carbocycles. The number of carbonyl (C=O) groups excluding carboxylic acids is 2. The Morgan fingerprint density at radius 3 is 2.23 bits per heavy atom. The maximum atomic E-state index is 13.2. The monoisotopic (exact) mass is 531 g/mol. The normalized spacial score (nSPS) is 11.6. The molecule has 0 saturated carbocycles. The van der Waals surface area contributed by atoms with Crippen LogP contribution in [0.3, 0.4) is 0 Å².